The van der Waals surface area contributed by atoms with Crippen LogP contribution in [0.4, 0.5) is 5.69 Å². The smallest absolute Gasteiger partial charge is 0.232 e. The molecule has 0 aliphatic heterocycles. The summed E-state index contributed by atoms with van der Waals surface area (Å²) in [6, 6.07) is 16.4. The topological polar surface area (TPSA) is 75.7 Å². The van der Waals surface area contributed by atoms with Crippen LogP contribution in [0.5, 0.6) is 5.75 Å². The molecule has 0 bridgehead atoms. The number of amides is 1. The van der Waals surface area contributed by atoms with Crippen LogP contribution < -0.4 is 14.4 Å². The number of methoxy groups -OCH3 is 1. The van der Waals surface area contributed by atoms with Gasteiger partial charge >= 0.3 is 0 Å². The van der Waals surface area contributed by atoms with Crippen molar-refractivity contribution in [2.45, 2.75) is 32.2 Å². The Bertz CT molecular complexity index is 852. The lowest BCUT2D eigenvalue weighted by atomic mass is 10.0. The third kappa shape index (κ3) is 6.27. The van der Waals surface area contributed by atoms with E-state index in [9.17, 15) is 13.2 Å². The molecule has 1 N–H and O–H groups in total. The highest BCUT2D eigenvalue weighted by molar-refractivity contribution is 7.92. The first-order valence-corrected chi connectivity index (χ1v) is 11.2. The molecule has 2 aromatic carbocycles. The van der Waals surface area contributed by atoms with Crippen LogP contribution in [0.15, 0.2) is 54.6 Å². The first-order valence-electron chi connectivity index (χ1n) is 9.31. The van der Waals surface area contributed by atoms with E-state index in [1.807, 2.05) is 37.3 Å². The minimum Gasteiger partial charge on any atom is -0.497 e. The molecule has 0 fully saturated rings. The molecule has 0 spiro atoms. The monoisotopic (exact) mass is 404 g/mol. The van der Waals surface area contributed by atoms with E-state index in [1.54, 1.807) is 31.4 Å². The molecule has 0 aliphatic rings. The zero-order valence-electron chi connectivity index (χ0n) is 16.6. The van der Waals surface area contributed by atoms with E-state index >= 15 is 0 Å². The molecule has 2 aromatic rings. The van der Waals surface area contributed by atoms with Gasteiger partial charge in [-0.3, -0.25) is 9.10 Å². The molecule has 2 rings (SSSR count). The van der Waals surface area contributed by atoms with Gasteiger partial charge in [-0.2, -0.15) is 0 Å². The zero-order valence-corrected chi connectivity index (χ0v) is 17.4. The summed E-state index contributed by atoms with van der Waals surface area (Å²) in [4.78, 5) is 12.4. The Morgan fingerprint density at radius 3 is 2.29 bits per heavy atom. The van der Waals surface area contributed by atoms with Gasteiger partial charge in [-0.15, -0.1) is 0 Å². The second kappa shape index (κ2) is 10.1. The van der Waals surface area contributed by atoms with Crippen LogP contribution in [0.3, 0.4) is 0 Å². The van der Waals surface area contributed by atoms with Gasteiger partial charge < -0.3 is 10.1 Å². The third-order valence-corrected chi connectivity index (χ3v) is 5.67. The summed E-state index contributed by atoms with van der Waals surface area (Å²) < 4.78 is 30.7. The van der Waals surface area contributed by atoms with Crippen molar-refractivity contribution in [3.63, 3.8) is 0 Å². The van der Waals surface area contributed by atoms with E-state index in [1.165, 1.54) is 10.6 Å². The van der Waals surface area contributed by atoms with Crippen molar-refractivity contribution < 1.29 is 17.9 Å². The number of hydrogen-bond acceptors (Lipinski definition) is 4. The number of anilines is 1. The molecule has 1 atom stereocenters. The van der Waals surface area contributed by atoms with Crippen molar-refractivity contribution in [1.82, 2.24) is 5.32 Å². The average molecular weight is 405 g/mol. The van der Waals surface area contributed by atoms with Gasteiger partial charge in [0.1, 0.15) is 5.75 Å². The van der Waals surface area contributed by atoms with Crippen LogP contribution >= 0.6 is 0 Å². The molecule has 6 nitrogen and oxygen atoms in total. The number of ether oxygens (including phenoxy) is 1. The SMILES string of the molecule is CC[C@@H](NC(=O)CCCN(c1ccccc1)S(C)(=O)=O)c1ccc(OC)cc1. The fourth-order valence-corrected chi connectivity index (χ4v) is 3.95. The summed E-state index contributed by atoms with van der Waals surface area (Å²) >= 11 is 0. The lowest BCUT2D eigenvalue weighted by molar-refractivity contribution is -0.121. The summed E-state index contributed by atoms with van der Waals surface area (Å²) in [5, 5.41) is 3.02. The molecule has 0 heterocycles. The number of carbonyl (C=O) groups excluding carboxylic acids is 1. The highest BCUT2D eigenvalue weighted by Crippen LogP contribution is 2.21. The maximum absolute atomic E-state index is 12.4. The molecule has 152 valence electrons. The van der Waals surface area contributed by atoms with Gasteiger partial charge in [-0.25, -0.2) is 8.42 Å². The Balaban J connectivity index is 1.92. The number of carbonyl (C=O) groups is 1. The summed E-state index contributed by atoms with van der Waals surface area (Å²) in [7, 11) is -1.79. The minimum absolute atomic E-state index is 0.0847. The van der Waals surface area contributed by atoms with E-state index in [0.717, 1.165) is 17.7 Å². The summed E-state index contributed by atoms with van der Waals surface area (Å²) in [5.74, 6) is 0.677. The standard InChI is InChI=1S/C21H28N2O4S/c1-4-20(17-12-14-19(27-2)15-13-17)22-21(24)11-8-16-23(28(3,25)26)18-9-6-5-7-10-18/h5-7,9-10,12-15,20H,4,8,11,16H2,1-3H3,(H,22,24)/t20-/m1/s1. The highest BCUT2D eigenvalue weighted by atomic mass is 32.2. The Kier molecular flexibility index (Phi) is 7.87. The Hall–Kier alpha value is -2.54. The number of nitrogens with one attached hydrogen (secondary N) is 1. The Morgan fingerprint density at radius 2 is 1.75 bits per heavy atom. The van der Waals surface area contributed by atoms with Gasteiger partial charge in [0, 0.05) is 13.0 Å². The number of para-hydroxylation sites is 1. The van der Waals surface area contributed by atoms with Gasteiger partial charge in [0.05, 0.1) is 25.1 Å². The van der Waals surface area contributed by atoms with Gasteiger partial charge in [0.25, 0.3) is 0 Å². The molecule has 0 aromatic heterocycles. The van der Waals surface area contributed by atoms with Crippen LogP contribution in [-0.2, 0) is 14.8 Å². The lowest BCUT2D eigenvalue weighted by Gasteiger charge is -2.22. The van der Waals surface area contributed by atoms with E-state index in [4.69, 9.17) is 4.74 Å². The van der Waals surface area contributed by atoms with Crippen LogP contribution in [0.2, 0.25) is 0 Å². The molecule has 28 heavy (non-hydrogen) atoms. The van der Waals surface area contributed by atoms with Gasteiger partial charge in [0.15, 0.2) is 0 Å². The summed E-state index contributed by atoms with van der Waals surface area (Å²) in [6.45, 7) is 2.27. The maximum atomic E-state index is 12.4. The Morgan fingerprint density at radius 1 is 1.11 bits per heavy atom. The van der Waals surface area contributed by atoms with Crippen molar-refractivity contribution >= 4 is 21.6 Å². The molecule has 7 heteroatoms. The maximum Gasteiger partial charge on any atom is 0.232 e. The molecule has 0 aliphatic carbocycles. The quantitative estimate of drug-likeness (QED) is 0.657. The molecule has 0 saturated carbocycles. The Labute approximate surface area is 167 Å². The van der Waals surface area contributed by atoms with Crippen molar-refractivity contribution in [3.8, 4) is 5.75 Å². The van der Waals surface area contributed by atoms with E-state index in [2.05, 4.69) is 5.32 Å². The van der Waals surface area contributed by atoms with Crippen LogP contribution in [0, 0.1) is 0 Å². The van der Waals surface area contributed by atoms with E-state index in [0.29, 0.717) is 12.1 Å². The van der Waals surface area contributed by atoms with Crippen LogP contribution in [0.25, 0.3) is 0 Å². The lowest BCUT2D eigenvalue weighted by Crippen LogP contribution is -2.32. The van der Waals surface area contributed by atoms with E-state index < -0.39 is 10.0 Å². The van der Waals surface area contributed by atoms with E-state index in [-0.39, 0.29) is 24.9 Å². The third-order valence-electron chi connectivity index (χ3n) is 4.47. The van der Waals surface area contributed by atoms with Crippen LogP contribution in [-0.4, -0.2) is 34.2 Å². The van der Waals surface area contributed by atoms with Gasteiger partial charge in [0.2, 0.25) is 15.9 Å². The summed E-state index contributed by atoms with van der Waals surface area (Å²) in [5.41, 5.74) is 1.62. The second-order valence-electron chi connectivity index (χ2n) is 6.58. The molecular formula is C21H28N2O4S. The fourth-order valence-electron chi connectivity index (χ4n) is 2.99. The van der Waals surface area contributed by atoms with Gasteiger partial charge in [-0.05, 0) is 42.7 Å². The zero-order chi connectivity index (χ0) is 20.6. The predicted octanol–water partition coefficient (Wildman–Crippen LogP) is 3.51. The molecule has 1 amide bonds. The predicted molar refractivity (Wildman–Crippen MR) is 112 cm³/mol. The number of sulfonamides is 1. The molecule has 0 radical (unpaired) electrons. The number of rotatable bonds is 10. The average Bonchev–Trinajstić information content (AvgIpc) is 2.69. The first-order chi connectivity index (χ1) is 13.3. The molecule has 0 unspecified atom stereocenters. The highest BCUT2D eigenvalue weighted by Gasteiger charge is 2.18. The summed E-state index contributed by atoms with van der Waals surface area (Å²) in [6.07, 6.45) is 2.63. The number of benzene rings is 2. The van der Waals surface area contributed by atoms with Crippen molar-refractivity contribution in [1.29, 1.82) is 0 Å². The van der Waals surface area contributed by atoms with Gasteiger partial charge in [-0.1, -0.05) is 37.3 Å². The molecule has 0 saturated heterocycles. The minimum atomic E-state index is -3.40. The van der Waals surface area contributed by atoms with Crippen LogP contribution in [0.1, 0.15) is 37.8 Å². The van der Waals surface area contributed by atoms with Crippen molar-refractivity contribution in [3.05, 3.63) is 60.2 Å². The van der Waals surface area contributed by atoms with Crippen molar-refractivity contribution in [2.75, 3.05) is 24.2 Å². The first kappa shape index (κ1) is 21.8. The fraction of sp³-hybridized carbons (Fsp3) is 0.381. The molecular weight excluding hydrogens is 376 g/mol. The van der Waals surface area contributed by atoms with Crippen molar-refractivity contribution in [2.24, 2.45) is 0 Å². The normalized spacial score (nSPS) is 12.2. The second-order valence-corrected chi connectivity index (χ2v) is 8.48. The largest absolute Gasteiger partial charge is 0.497 e. The number of nitrogens with zero attached hydrogens (tertiary/aromatic N) is 1. The number of hydrogen-bond donors (Lipinski definition) is 1.